The Kier molecular flexibility index (Phi) is 7.33. The molecule has 0 aliphatic heterocycles. The molecule has 3 aromatic carbocycles. The summed E-state index contributed by atoms with van der Waals surface area (Å²) in [6.45, 7) is 0. The predicted molar refractivity (Wildman–Crippen MR) is 134 cm³/mol. The van der Waals surface area contributed by atoms with Gasteiger partial charge in [-0.15, -0.1) is 0 Å². The van der Waals surface area contributed by atoms with Crippen LogP contribution >= 0.6 is 46.6 Å². The van der Waals surface area contributed by atoms with Gasteiger partial charge in [-0.25, -0.2) is 9.97 Å². The SMILES string of the molecule is O=C(CSc1nc(-c2ccccc2)cc(-c2ccccc2)n1)Nc1c(Cl)cc(Cl)cc1Cl. The molecule has 0 spiro atoms. The van der Waals surface area contributed by atoms with Crippen LogP contribution in [0.25, 0.3) is 22.5 Å². The minimum Gasteiger partial charge on any atom is -0.323 e. The number of rotatable bonds is 6. The molecule has 0 saturated carbocycles. The van der Waals surface area contributed by atoms with Crippen LogP contribution in [0.3, 0.4) is 0 Å². The molecule has 1 amide bonds. The van der Waals surface area contributed by atoms with E-state index >= 15 is 0 Å². The molecule has 0 atom stereocenters. The van der Waals surface area contributed by atoms with E-state index in [4.69, 9.17) is 34.8 Å². The number of carbonyl (C=O) groups excluding carboxylic acids is 1. The summed E-state index contributed by atoms with van der Waals surface area (Å²) in [4.78, 5) is 21.9. The van der Waals surface area contributed by atoms with Gasteiger partial charge in [-0.3, -0.25) is 4.79 Å². The highest BCUT2D eigenvalue weighted by Gasteiger charge is 2.14. The van der Waals surface area contributed by atoms with Gasteiger partial charge in [-0.05, 0) is 18.2 Å². The number of nitrogens with one attached hydrogen (secondary N) is 1. The minimum absolute atomic E-state index is 0.0851. The van der Waals surface area contributed by atoms with Crippen molar-refractivity contribution in [3.63, 3.8) is 0 Å². The van der Waals surface area contributed by atoms with Gasteiger partial charge in [0.25, 0.3) is 0 Å². The lowest BCUT2D eigenvalue weighted by Gasteiger charge is -2.11. The molecule has 160 valence electrons. The van der Waals surface area contributed by atoms with E-state index < -0.39 is 0 Å². The summed E-state index contributed by atoms with van der Waals surface area (Å²) in [6.07, 6.45) is 0. The Morgan fingerprint density at radius 1 is 0.781 bits per heavy atom. The highest BCUT2D eigenvalue weighted by molar-refractivity contribution is 7.99. The van der Waals surface area contributed by atoms with Crippen LogP contribution in [-0.4, -0.2) is 21.6 Å². The molecular formula is C24H16Cl3N3OS. The van der Waals surface area contributed by atoms with Crippen LogP contribution in [0.1, 0.15) is 0 Å². The monoisotopic (exact) mass is 499 g/mol. The highest BCUT2D eigenvalue weighted by Crippen LogP contribution is 2.34. The van der Waals surface area contributed by atoms with Gasteiger partial charge >= 0.3 is 0 Å². The summed E-state index contributed by atoms with van der Waals surface area (Å²) < 4.78 is 0. The number of hydrogen-bond donors (Lipinski definition) is 1. The molecule has 1 N–H and O–H groups in total. The summed E-state index contributed by atoms with van der Waals surface area (Å²) in [5.41, 5.74) is 3.83. The van der Waals surface area contributed by atoms with Crippen molar-refractivity contribution in [3.8, 4) is 22.5 Å². The zero-order valence-corrected chi connectivity index (χ0v) is 19.6. The third kappa shape index (κ3) is 5.61. The molecule has 1 heterocycles. The number of hydrogen-bond acceptors (Lipinski definition) is 4. The Morgan fingerprint density at radius 3 is 1.78 bits per heavy atom. The van der Waals surface area contributed by atoms with E-state index in [2.05, 4.69) is 15.3 Å². The molecule has 0 aliphatic carbocycles. The Hall–Kier alpha value is -2.57. The summed E-state index contributed by atoms with van der Waals surface area (Å²) >= 11 is 19.5. The molecule has 4 rings (SSSR count). The van der Waals surface area contributed by atoms with Gasteiger partial charge in [0.1, 0.15) is 0 Å². The Labute approximate surface area is 205 Å². The van der Waals surface area contributed by atoms with E-state index in [1.165, 1.54) is 23.9 Å². The topological polar surface area (TPSA) is 54.9 Å². The van der Waals surface area contributed by atoms with E-state index in [1.807, 2.05) is 66.7 Å². The van der Waals surface area contributed by atoms with Crippen LogP contribution in [0.4, 0.5) is 5.69 Å². The lowest BCUT2D eigenvalue weighted by atomic mass is 10.1. The zero-order chi connectivity index (χ0) is 22.5. The number of anilines is 1. The van der Waals surface area contributed by atoms with Crippen LogP contribution in [0.5, 0.6) is 0 Å². The molecule has 4 aromatic rings. The summed E-state index contributed by atoms with van der Waals surface area (Å²) in [5.74, 6) is -0.196. The largest absolute Gasteiger partial charge is 0.323 e. The zero-order valence-electron chi connectivity index (χ0n) is 16.6. The standard InChI is InChI=1S/C24H16Cl3N3OS/c25-17-11-18(26)23(19(27)12-17)30-22(31)14-32-24-28-20(15-7-3-1-4-8-15)13-21(29-24)16-9-5-2-6-10-16/h1-13H,14H2,(H,30,31). The van der Waals surface area contributed by atoms with Crippen molar-refractivity contribution in [1.82, 2.24) is 9.97 Å². The quantitative estimate of drug-likeness (QED) is 0.220. The average molecular weight is 501 g/mol. The number of thioether (sulfide) groups is 1. The number of carbonyl (C=O) groups is 1. The number of halogens is 3. The van der Waals surface area contributed by atoms with E-state index in [0.717, 1.165) is 22.5 Å². The number of benzene rings is 3. The van der Waals surface area contributed by atoms with Gasteiger partial charge in [-0.1, -0.05) is 107 Å². The molecule has 0 bridgehead atoms. The van der Waals surface area contributed by atoms with E-state index in [0.29, 0.717) is 15.9 Å². The number of aromatic nitrogens is 2. The third-order valence-corrected chi connectivity index (χ3v) is 6.11. The molecule has 0 saturated heterocycles. The van der Waals surface area contributed by atoms with E-state index in [1.54, 1.807) is 0 Å². The second kappa shape index (κ2) is 10.4. The van der Waals surface area contributed by atoms with Gasteiger partial charge < -0.3 is 5.32 Å². The second-order valence-corrected chi connectivity index (χ2v) is 8.93. The van der Waals surface area contributed by atoms with Crippen LogP contribution in [-0.2, 0) is 4.79 Å². The van der Waals surface area contributed by atoms with Gasteiger partial charge in [0.15, 0.2) is 5.16 Å². The fraction of sp³-hybridized carbons (Fsp3) is 0.0417. The number of amides is 1. The number of nitrogens with zero attached hydrogens (tertiary/aromatic N) is 2. The summed E-state index contributed by atoms with van der Waals surface area (Å²) in [6, 6.07) is 24.7. The molecule has 1 aromatic heterocycles. The summed E-state index contributed by atoms with van der Waals surface area (Å²) in [5, 5.41) is 4.17. The first-order valence-corrected chi connectivity index (χ1v) is 11.7. The van der Waals surface area contributed by atoms with Crippen molar-refractivity contribution in [2.24, 2.45) is 0 Å². The van der Waals surface area contributed by atoms with Crippen molar-refractivity contribution in [2.45, 2.75) is 5.16 Å². The predicted octanol–water partition coefficient (Wildman–Crippen LogP) is 7.50. The van der Waals surface area contributed by atoms with Crippen molar-refractivity contribution >= 4 is 58.2 Å². The fourth-order valence-corrected chi connectivity index (χ4v) is 4.54. The first kappa shape index (κ1) is 22.6. The lowest BCUT2D eigenvalue weighted by Crippen LogP contribution is -2.15. The maximum atomic E-state index is 12.5. The maximum absolute atomic E-state index is 12.5. The van der Waals surface area contributed by atoms with Crippen molar-refractivity contribution < 1.29 is 4.79 Å². The normalized spacial score (nSPS) is 10.7. The average Bonchev–Trinajstić information content (AvgIpc) is 2.81. The molecule has 32 heavy (non-hydrogen) atoms. The highest BCUT2D eigenvalue weighted by atomic mass is 35.5. The molecule has 4 nitrogen and oxygen atoms in total. The minimum atomic E-state index is -0.281. The molecular weight excluding hydrogens is 485 g/mol. The first-order chi connectivity index (χ1) is 15.5. The van der Waals surface area contributed by atoms with Crippen molar-refractivity contribution in [3.05, 3.63) is 93.9 Å². The van der Waals surface area contributed by atoms with Crippen LogP contribution in [0.2, 0.25) is 15.1 Å². The van der Waals surface area contributed by atoms with Gasteiger partial charge in [0.2, 0.25) is 5.91 Å². The maximum Gasteiger partial charge on any atom is 0.234 e. The van der Waals surface area contributed by atoms with Crippen LogP contribution < -0.4 is 5.32 Å². The molecule has 0 radical (unpaired) electrons. The Bertz CT molecular complexity index is 1170. The molecule has 0 fully saturated rings. The Morgan fingerprint density at radius 2 is 1.28 bits per heavy atom. The summed E-state index contributed by atoms with van der Waals surface area (Å²) in [7, 11) is 0. The lowest BCUT2D eigenvalue weighted by molar-refractivity contribution is -0.113. The smallest absolute Gasteiger partial charge is 0.234 e. The van der Waals surface area contributed by atoms with Crippen LogP contribution in [0.15, 0.2) is 84.0 Å². The van der Waals surface area contributed by atoms with Gasteiger partial charge in [0.05, 0.1) is 32.9 Å². The van der Waals surface area contributed by atoms with Gasteiger partial charge in [-0.2, -0.15) is 0 Å². The van der Waals surface area contributed by atoms with Gasteiger partial charge in [0, 0.05) is 16.1 Å². The second-order valence-electron chi connectivity index (χ2n) is 6.73. The third-order valence-electron chi connectivity index (χ3n) is 4.45. The molecule has 0 aliphatic rings. The first-order valence-electron chi connectivity index (χ1n) is 9.57. The van der Waals surface area contributed by atoms with Crippen LogP contribution in [0, 0.1) is 0 Å². The van der Waals surface area contributed by atoms with E-state index in [9.17, 15) is 4.79 Å². The van der Waals surface area contributed by atoms with Crippen molar-refractivity contribution in [1.29, 1.82) is 0 Å². The fourth-order valence-electron chi connectivity index (χ4n) is 2.97. The molecule has 8 heteroatoms. The van der Waals surface area contributed by atoms with E-state index in [-0.39, 0.29) is 21.7 Å². The van der Waals surface area contributed by atoms with Crippen molar-refractivity contribution in [2.75, 3.05) is 11.1 Å². The molecule has 0 unspecified atom stereocenters. The Balaban J connectivity index is 1.57.